The van der Waals surface area contributed by atoms with Gasteiger partial charge < -0.3 is 4.74 Å². The van der Waals surface area contributed by atoms with Crippen LogP contribution in [0, 0.1) is 17.0 Å². The van der Waals surface area contributed by atoms with E-state index in [1.54, 1.807) is 0 Å². The van der Waals surface area contributed by atoms with Crippen LogP contribution in [0.5, 0.6) is 5.88 Å². The Kier molecular flexibility index (Phi) is 3.59. The molecule has 11 heteroatoms. The molecule has 0 fully saturated rings. The normalized spacial score (nSPS) is 12.4. The minimum atomic E-state index is -5.22. The highest BCUT2D eigenvalue weighted by molar-refractivity contribution is 5.51. The summed E-state index contributed by atoms with van der Waals surface area (Å²) in [5, 5.41) is 10.5. The average Bonchev–Trinajstić information content (AvgIpc) is 2.16. The SMILES string of the molecule is Cc1c(OC(F)(F)F)ncc(C(F)(F)F)c1[N+](=O)[O-]. The van der Waals surface area contributed by atoms with E-state index in [-0.39, 0.29) is 6.20 Å². The summed E-state index contributed by atoms with van der Waals surface area (Å²) in [6, 6.07) is 0. The molecule has 1 heterocycles. The van der Waals surface area contributed by atoms with Crippen LogP contribution in [0.25, 0.3) is 0 Å². The molecular formula is C8H4F6N2O3. The molecular weight excluding hydrogens is 286 g/mol. The van der Waals surface area contributed by atoms with Gasteiger partial charge in [-0.1, -0.05) is 0 Å². The van der Waals surface area contributed by atoms with E-state index in [1.165, 1.54) is 0 Å². The number of rotatable bonds is 2. The van der Waals surface area contributed by atoms with Crippen LogP contribution in [0.15, 0.2) is 6.20 Å². The van der Waals surface area contributed by atoms with E-state index >= 15 is 0 Å². The number of ether oxygens (including phenoxy) is 1. The van der Waals surface area contributed by atoms with Crippen molar-refractivity contribution in [2.75, 3.05) is 0 Å². The Morgan fingerprint density at radius 2 is 1.79 bits per heavy atom. The zero-order chi connectivity index (χ0) is 15.0. The first kappa shape index (κ1) is 15.0. The van der Waals surface area contributed by atoms with Gasteiger partial charge in [-0.2, -0.15) is 13.2 Å². The van der Waals surface area contributed by atoms with E-state index in [0.29, 0.717) is 6.92 Å². The quantitative estimate of drug-likeness (QED) is 0.476. The van der Waals surface area contributed by atoms with Crippen molar-refractivity contribution in [3.05, 3.63) is 27.4 Å². The van der Waals surface area contributed by atoms with E-state index in [9.17, 15) is 36.5 Å². The van der Waals surface area contributed by atoms with E-state index in [1.807, 2.05) is 0 Å². The first-order valence-corrected chi connectivity index (χ1v) is 4.40. The Bertz CT molecular complexity index is 510. The van der Waals surface area contributed by atoms with Crippen LogP contribution in [-0.2, 0) is 6.18 Å². The highest BCUT2D eigenvalue weighted by Crippen LogP contribution is 2.40. The molecule has 0 N–H and O–H groups in total. The van der Waals surface area contributed by atoms with Crippen LogP contribution in [0.4, 0.5) is 32.0 Å². The van der Waals surface area contributed by atoms with Gasteiger partial charge in [0.25, 0.3) is 5.69 Å². The molecule has 0 aromatic carbocycles. The molecule has 0 spiro atoms. The van der Waals surface area contributed by atoms with Crippen LogP contribution in [0.2, 0.25) is 0 Å². The van der Waals surface area contributed by atoms with Crippen LogP contribution in [-0.4, -0.2) is 16.3 Å². The first-order chi connectivity index (χ1) is 8.43. The van der Waals surface area contributed by atoms with Crippen molar-refractivity contribution in [1.29, 1.82) is 0 Å². The van der Waals surface area contributed by atoms with Crippen LogP contribution < -0.4 is 4.74 Å². The molecule has 0 bridgehead atoms. The molecule has 106 valence electrons. The van der Waals surface area contributed by atoms with Crippen molar-refractivity contribution < 1.29 is 36.0 Å². The van der Waals surface area contributed by atoms with Crippen molar-refractivity contribution in [2.24, 2.45) is 0 Å². The van der Waals surface area contributed by atoms with E-state index in [4.69, 9.17) is 0 Å². The maximum atomic E-state index is 12.5. The maximum absolute atomic E-state index is 12.5. The number of nitro groups is 1. The van der Waals surface area contributed by atoms with Crippen molar-refractivity contribution in [2.45, 2.75) is 19.5 Å². The van der Waals surface area contributed by atoms with E-state index in [2.05, 4.69) is 9.72 Å². The number of halogens is 6. The highest BCUT2D eigenvalue weighted by atomic mass is 19.4. The number of pyridine rings is 1. The van der Waals surface area contributed by atoms with Crippen LogP contribution >= 0.6 is 0 Å². The molecule has 5 nitrogen and oxygen atoms in total. The van der Waals surface area contributed by atoms with Gasteiger partial charge in [0.05, 0.1) is 16.7 Å². The van der Waals surface area contributed by atoms with Gasteiger partial charge in [0.2, 0.25) is 5.88 Å². The van der Waals surface area contributed by atoms with Crippen LogP contribution in [0.3, 0.4) is 0 Å². The zero-order valence-electron chi connectivity index (χ0n) is 8.96. The fraction of sp³-hybridized carbons (Fsp3) is 0.375. The summed E-state index contributed by atoms with van der Waals surface area (Å²) in [5.41, 5.74) is -4.23. The van der Waals surface area contributed by atoms with Gasteiger partial charge in [-0.15, -0.1) is 13.2 Å². The third kappa shape index (κ3) is 3.45. The number of alkyl halides is 6. The summed E-state index contributed by atoms with van der Waals surface area (Å²) in [7, 11) is 0. The van der Waals surface area contributed by atoms with E-state index in [0.717, 1.165) is 0 Å². The summed E-state index contributed by atoms with van der Waals surface area (Å²) in [6.07, 6.45) is -10.4. The Morgan fingerprint density at radius 3 is 2.16 bits per heavy atom. The Morgan fingerprint density at radius 1 is 1.26 bits per heavy atom. The molecule has 19 heavy (non-hydrogen) atoms. The topological polar surface area (TPSA) is 65.3 Å². The van der Waals surface area contributed by atoms with Gasteiger partial charge in [0.1, 0.15) is 0 Å². The second-order valence-corrected chi connectivity index (χ2v) is 3.25. The fourth-order valence-corrected chi connectivity index (χ4v) is 1.24. The Balaban J connectivity index is 3.45. The number of hydrogen-bond donors (Lipinski definition) is 0. The van der Waals surface area contributed by atoms with Crippen molar-refractivity contribution in [3.8, 4) is 5.88 Å². The van der Waals surface area contributed by atoms with Gasteiger partial charge >= 0.3 is 12.5 Å². The Labute approximate surface area is 101 Å². The average molecular weight is 290 g/mol. The maximum Gasteiger partial charge on any atom is 0.574 e. The predicted molar refractivity (Wildman–Crippen MR) is 47.3 cm³/mol. The monoisotopic (exact) mass is 290 g/mol. The smallest absolute Gasteiger partial charge is 0.387 e. The molecule has 0 radical (unpaired) electrons. The lowest BCUT2D eigenvalue weighted by Gasteiger charge is -2.13. The summed E-state index contributed by atoms with van der Waals surface area (Å²) in [5.74, 6) is -1.30. The third-order valence-electron chi connectivity index (χ3n) is 1.94. The number of hydrogen-bond acceptors (Lipinski definition) is 4. The molecule has 0 unspecified atom stereocenters. The van der Waals surface area contributed by atoms with Gasteiger partial charge in [0, 0.05) is 0 Å². The van der Waals surface area contributed by atoms with Crippen molar-refractivity contribution >= 4 is 5.69 Å². The molecule has 0 amide bonds. The van der Waals surface area contributed by atoms with Crippen LogP contribution in [0.1, 0.15) is 11.1 Å². The molecule has 0 aliphatic carbocycles. The lowest BCUT2D eigenvalue weighted by atomic mass is 10.1. The van der Waals surface area contributed by atoms with Crippen molar-refractivity contribution in [3.63, 3.8) is 0 Å². The lowest BCUT2D eigenvalue weighted by Crippen LogP contribution is -2.20. The molecule has 1 rings (SSSR count). The molecule has 1 aromatic rings. The van der Waals surface area contributed by atoms with Gasteiger partial charge in [-0.25, -0.2) is 4.98 Å². The standard InChI is InChI=1S/C8H4F6N2O3/c1-3-5(16(17)18)4(7(9,10)11)2-15-6(3)19-8(12,13)14/h2H,1H3. The molecule has 0 saturated heterocycles. The molecule has 0 saturated carbocycles. The van der Waals surface area contributed by atoms with Gasteiger partial charge in [0.15, 0.2) is 5.56 Å². The van der Waals surface area contributed by atoms with Crippen molar-refractivity contribution in [1.82, 2.24) is 4.98 Å². The number of nitrogens with zero attached hydrogens (tertiary/aromatic N) is 2. The lowest BCUT2D eigenvalue weighted by molar-refractivity contribution is -0.388. The third-order valence-corrected chi connectivity index (χ3v) is 1.94. The molecule has 0 aliphatic heterocycles. The fourth-order valence-electron chi connectivity index (χ4n) is 1.24. The molecule has 0 aliphatic rings. The van der Waals surface area contributed by atoms with Gasteiger partial charge in [-0.3, -0.25) is 10.1 Å². The second-order valence-electron chi connectivity index (χ2n) is 3.25. The van der Waals surface area contributed by atoms with Gasteiger partial charge in [-0.05, 0) is 6.92 Å². The molecule has 1 aromatic heterocycles. The first-order valence-electron chi connectivity index (χ1n) is 4.40. The second kappa shape index (κ2) is 4.55. The summed E-state index contributed by atoms with van der Waals surface area (Å²) >= 11 is 0. The predicted octanol–water partition coefficient (Wildman–Crippen LogP) is 3.22. The number of aromatic nitrogens is 1. The summed E-state index contributed by atoms with van der Waals surface area (Å²) in [6.45, 7) is 0.682. The summed E-state index contributed by atoms with van der Waals surface area (Å²) < 4.78 is 76.5. The highest BCUT2D eigenvalue weighted by Gasteiger charge is 2.42. The summed E-state index contributed by atoms with van der Waals surface area (Å²) in [4.78, 5) is 11.9. The Hall–Kier alpha value is -2.07. The largest absolute Gasteiger partial charge is 0.574 e. The minimum Gasteiger partial charge on any atom is -0.387 e. The zero-order valence-corrected chi connectivity index (χ0v) is 8.96. The van der Waals surface area contributed by atoms with E-state index < -0.39 is 40.2 Å². The molecule has 0 atom stereocenters. The minimum absolute atomic E-state index is 0.0772.